The fourth-order valence-electron chi connectivity index (χ4n) is 4.02. The number of carboxylic acids is 1. The fourth-order valence-corrected chi connectivity index (χ4v) is 5.08. The number of carbonyl (C=O) groups is 3. The van der Waals surface area contributed by atoms with E-state index in [-0.39, 0.29) is 30.2 Å². The van der Waals surface area contributed by atoms with Crippen LogP contribution in [0.25, 0.3) is 0 Å². The lowest BCUT2D eigenvalue weighted by Crippen LogP contribution is -2.50. The second kappa shape index (κ2) is 7.11. The van der Waals surface area contributed by atoms with E-state index in [1.54, 1.807) is 16.7 Å². The van der Waals surface area contributed by atoms with Crippen molar-refractivity contribution in [2.24, 2.45) is 5.92 Å². The summed E-state index contributed by atoms with van der Waals surface area (Å²) < 4.78 is 0. The molecule has 3 rings (SSSR count). The van der Waals surface area contributed by atoms with E-state index in [0.717, 1.165) is 31.4 Å². The number of nitrogens with zero attached hydrogens (tertiary/aromatic N) is 2. The van der Waals surface area contributed by atoms with Gasteiger partial charge < -0.3 is 14.9 Å². The van der Waals surface area contributed by atoms with Gasteiger partial charge >= 0.3 is 5.97 Å². The Kier molecular flexibility index (Phi) is 5.14. The molecule has 3 aliphatic rings. The molecular formula is C16H24N2O4S. The number of hydrogen-bond acceptors (Lipinski definition) is 4. The monoisotopic (exact) mass is 340 g/mol. The molecule has 3 fully saturated rings. The summed E-state index contributed by atoms with van der Waals surface area (Å²) in [6, 6.07) is 0.0708. The Morgan fingerprint density at radius 2 is 2.00 bits per heavy atom. The van der Waals surface area contributed by atoms with Gasteiger partial charge in [-0.05, 0) is 12.8 Å². The van der Waals surface area contributed by atoms with E-state index >= 15 is 0 Å². The van der Waals surface area contributed by atoms with E-state index in [9.17, 15) is 14.4 Å². The molecule has 1 N–H and O–H groups in total. The molecule has 0 aromatic carbocycles. The molecule has 0 aromatic heterocycles. The second-order valence-corrected chi connectivity index (χ2v) is 7.89. The van der Waals surface area contributed by atoms with E-state index in [4.69, 9.17) is 5.11 Å². The molecule has 2 heterocycles. The van der Waals surface area contributed by atoms with E-state index < -0.39 is 5.97 Å². The summed E-state index contributed by atoms with van der Waals surface area (Å²) in [4.78, 5) is 39.8. The first-order valence-corrected chi connectivity index (χ1v) is 9.61. The zero-order chi connectivity index (χ0) is 16.4. The summed E-state index contributed by atoms with van der Waals surface area (Å²) >= 11 is 1.70. The van der Waals surface area contributed by atoms with E-state index in [1.807, 2.05) is 4.90 Å². The van der Waals surface area contributed by atoms with Crippen molar-refractivity contribution in [2.75, 3.05) is 24.6 Å². The molecule has 0 radical (unpaired) electrons. The number of amides is 2. The first-order chi connectivity index (χ1) is 11.1. The summed E-state index contributed by atoms with van der Waals surface area (Å²) in [6.45, 7) is 1.11. The van der Waals surface area contributed by atoms with Crippen LogP contribution in [0.2, 0.25) is 0 Å². The van der Waals surface area contributed by atoms with Crippen LogP contribution < -0.4 is 0 Å². The van der Waals surface area contributed by atoms with Gasteiger partial charge in [-0.1, -0.05) is 12.8 Å². The highest BCUT2D eigenvalue weighted by atomic mass is 32.2. The average molecular weight is 340 g/mol. The zero-order valence-electron chi connectivity index (χ0n) is 13.3. The Morgan fingerprint density at radius 1 is 1.26 bits per heavy atom. The summed E-state index contributed by atoms with van der Waals surface area (Å²) in [5.74, 6) is 0.426. The SMILES string of the molecule is O=C(O)CC1CSCCN1C(=O)C1CC(=O)N(C2CCCC2)C1. The van der Waals surface area contributed by atoms with Crippen molar-refractivity contribution in [2.45, 2.75) is 50.6 Å². The van der Waals surface area contributed by atoms with Crippen LogP contribution in [0.5, 0.6) is 0 Å². The zero-order valence-corrected chi connectivity index (χ0v) is 14.1. The minimum atomic E-state index is -0.870. The molecule has 2 amide bonds. The lowest BCUT2D eigenvalue weighted by atomic mass is 10.0. The van der Waals surface area contributed by atoms with E-state index in [2.05, 4.69) is 0 Å². The smallest absolute Gasteiger partial charge is 0.305 e. The highest BCUT2D eigenvalue weighted by Crippen LogP contribution is 2.31. The molecular weight excluding hydrogens is 316 g/mol. The molecule has 2 aliphatic heterocycles. The number of rotatable bonds is 4. The predicted octanol–water partition coefficient (Wildman–Crippen LogP) is 1.20. The number of carboxylic acid groups (broad SMARTS) is 1. The third kappa shape index (κ3) is 3.65. The van der Waals surface area contributed by atoms with Crippen LogP contribution in [-0.2, 0) is 14.4 Å². The summed E-state index contributed by atoms with van der Waals surface area (Å²) in [6.07, 6.45) is 4.71. The van der Waals surface area contributed by atoms with Crippen molar-refractivity contribution in [1.29, 1.82) is 0 Å². The maximum absolute atomic E-state index is 12.8. The van der Waals surface area contributed by atoms with Gasteiger partial charge in [-0.2, -0.15) is 11.8 Å². The van der Waals surface area contributed by atoms with Gasteiger partial charge in [0, 0.05) is 37.1 Å². The fraction of sp³-hybridized carbons (Fsp3) is 0.812. The van der Waals surface area contributed by atoms with Crippen LogP contribution in [0.3, 0.4) is 0 Å². The minimum absolute atomic E-state index is 0.00819. The Labute approximate surface area is 140 Å². The maximum atomic E-state index is 12.8. The Morgan fingerprint density at radius 3 is 2.70 bits per heavy atom. The third-order valence-electron chi connectivity index (χ3n) is 5.19. The summed E-state index contributed by atoms with van der Waals surface area (Å²) in [7, 11) is 0. The van der Waals surface area contributed by atoms with Crippen molar-refractivity contribution in [3.8, 4) is 0 Å². The van der Waals surface area contributed by atoms with Gasteiger partial charge in [-0.3, -0.25) is 14.4 Å². The molecule has 23 heavy (non-hydrogen) atoms. The molecule has 2 atom stereocenters. The molecule has 6 nitrogen and oxygen atoms in total. The van der Waals surface area contributed by atoms with Crippen LogP contribution in [0, 0.1) is 5.92 Å². The minimum Gasteiger partial charge on any atom is -0.481 e. The van der Waals surface area contributed by atoms with Gasteiger partial charge in [0.25, 0.3) is 0 Å². The Hall–Kier alpha value is -1.24. The van der Waals surface area contributed by atoms with Crippen molar-refractivity contribution >= 4 is 29.5 Å². The molecule has 7 heteroatoms. The molecule has 2 saturated heterocycles. The summed E-state index contributed by atoms with van der Waals surface area (Å²) in [5.41, 5.74) is 0. The highest BCUT2D eigenvalue weighted by molar-refractivity contribution is 7.99. The van der Waals surface area contributed by atoms with Crippen molar-refractivity contribution in [3.63, 3.8) is 0 Å². The van der Waals surface area contributed by atoms with E-state index in [0.29, 0.717) is 31.3 Å². The normalized spacial score (nSPS) is 29.3. The van der Waals surface area contributed by atoms with Crippen molar-refractivity contribution in [3.05, 3.63) is 0 Å². The van der Waals surface area contributed by atoms with Crippen LogP contribution in [-0.4, -0.2) is 69.4 Å². The van der Waals surface area contributed by atoms with Gasteiger partial charge in [-0.15, -0.1) is 0 Å². The van der Waals surface area contributed by atoms with Gasteiger partial charge in [0.05, 0.1) is 18.4 Å². The lowest BCUT2D eigenvalue weighted by molar-refractivity contribution is -0.142. The molecule has 128 valence electrons. The van der Waals surface area contributed by atoms with Crippen LogP contribution in [0.15, 0.2) is 0 Å². The molecule has 2 unspecified atom stereocenters. The third-order valence-corrected chi connectivity index (χ3v) is 6.29. The number of thioether (sulfide) groups is 1. The van der Waals surface area contributed by atoms with Crippen LogP contribution in [0.1, 0.15) is 38.5 Å². The van der Waals surface area contributed by atoms with Gasteiger partial charge in [-0.25, -0.2) is 0 Å². The topological polar surface area (TPSA) is 77.9 Å². The highest BCUT2D eigenvalue weighted by Gasteiger charge is 2.42. The molecule has 0 bridgehead atoms. The number of aliphatic carboxylic acids is 1. The second-order valence-electron chi connectivity index (χ2n) is 6.74. The predicted molar refractivity (Wildman–Crippen MR) is 87.2 cm³/mol. The van der Waals surface area contributed by atoms with Crippen molar-refractivity contribution in [1.82, 2.24) is 9.80 Å². The van der Waals surface area contributed by atoms with Crippen molar-refractivity contribution < 1.29 is 19.5 Å². The first-order valence-electron chi connectivity index (χ1n) is 8.45. The van der Waals surface area contributed by atoms with Gasteiger partial charge in [0.15, 0.2) is 0 Å². The maximum Gasteiger partial charge on any atom is 0.305 e. The van der Waals surface area contributed by atoms with Crippen LogP contribution >= 0.6 is 11.8 Å². The largest absolute Gasteiger partial charge is 0.481 e. The Balaban J connectivity index is 1.64. The first kappa shape index (κ1) is 16.6. The Bertz CT molecular complexity index is 492. The average Bonchev–Trinajstić information content (AvgIpc) is 3.15. The number of hydrogen-bond donors (Lipinski definition) is 1. The standard InChI is InChI=1S/C16H24N2O4S/c19-14-7-11(9-18(14)12-3-1-2-4-12)16(22)17-5-6-23-10-13(17)8-15(20)21/h11-13H,1-10H2,(H,20,21). The van der Waals surface area contributed by atoms with E-state index in [1.165, 1.54) is 0 Å². The van der Waals surface area contributed by atoms with Gasteiger partial charge in [0.2, 0.25) is 11.8 Å². The van der Waals surface area contributed by atoms with Gasteiger partial charge in [0.1, 0.15) is 0 Å². The summed E-state index contributed by atoms with van der Waals surface area (Å²) in [5, 5.41) is 9.05. The number of likely N-dealkylation sites (tertiary alicyclic amines) is 1. The lowest BCUT2D eigenvalue weighted by Gasteiger charge is -2.36. The van der Waals surface area contributed by atoms with Crippen LogP contribution in [0.4, 0.5) is 0 Å². The molecule has 1 aliphatic carbocycles. The molecule has 1 saturated carbocycles. The molecule has 0 aromatic rings. The quantitative estimate of drug-likeness (QED) is 0.832. The molecule has 0 spiro atoms. The number of carbonyl (C=O) groups excluding carboxylic acids is 2.